The highest BCUT2D eigenvalue weighted by Crippen LogP contribution is 2.24. The van der Waals surface area contributed by atoms with Crippen LogP contribution in [0.2, 0.25) is 0 Å². The van der Waals surface area contributed by atoms with Crippen LogP contribution in [0.5, 0.6) is 0 Å². The maximum absolute atomic E-state index is 8.83. The molecule has 0 aliphatic carbocycles. The van der Waals surface area contributed by atoms with Gasteiger partial charge in [0, 0.05) is 26.0 Å². The first-order chi connectivity index (χ1) is 8.86. The first-order valence-corrected chi connectivity index (χ1v) is 7.03. The van der Waals surface area contributed by atoms with Crippen LogP contribution in [0.4, 0.5) is 0 Å². The minimum Gasteiger partial charge on any atom is -0.396 e. The maximum Gasteiger partial charge on any atom is 0.169 e. The number of nitrogens with zero attached hydrogens (tertiary/aromatic N) is 2. The van der Waals surface area contributed by atoms with E-state index >= 15 is 0 Å². The van der Waals surface area contributed by atoms with E-state index in [1.807, 2.05) is 18.2 Å². The number of imidazole rings is 1. The van der Waals surface area contributed by atoms with E-state index < -0.39 is 0 Å². The lowest BCUT2D eigenvalue weighted by atomic mass is 10.3. The number of methoxy groups -OCH3 is 1. The highest BCUT2D eigenvalue weighted by atomic mass is 32.2. The monoisotopic (exact) mass is 266 g/mol. The van der Waals surface area contributed by atoms with Crippen LogP contribution in [-0.4, -0.2) is 40.7 Å². The van der Waals surface area contributed by atoms with Gasteiger partial charge in [-0.2, -0.15) is 0 Å². The molecule has 0 aliphatic rings. The molecule has 5 heteroatoms. The van der Waals surface area contributed by atoms with Crippen molar-refractivity contribution in [2.45, 2.75) is 18.1 Å². The Balaban J connectivity index is 2.25. The molecule has 2 rings (SSSR count). The summed E-state index contributed by atoms with van der Waals surface area (Å²) in [7, 11) is 1.71. The van der Waals surface area contributed by atoms with E-state index in [1.165, 1.54) is 0 Å². The second-order valence-electron chi connectivity index (χ2n) is 3.95. The smallest absolute Gasteiger partial charge is 0.169 e. The molecule has 0 bridgehead atoms. The molecule has 0 saturated heterocycles. The van der Waals surface area contributed by atoms with Crippen LogP contribution >= 0.6 is 11.8 Å². The number of rotatable bonds is 7. The van der Waals surface area contributed by atoms with Crippen molar-refractivity contribution in [1.29, 1.82) is 0 Å². The number of ether oxygens (including phenoxy) is 1. The van der Waals surface area contributed by atoms with Gasteiger partial charge in [0.2, 0.25) is 0 Å². The molecule has 0 fully saturated rings. The number of aliphatic hydroxyl groups excluding tert-OH is 1. The number of fused-ring (bicyclic) bond motifs is 1. The summed E-state index contributed by atoms with van der Waals surface area (Å²) in [6.45, 7) is 1.71. The summed E-state index contributed by atoms with van der Waals surface area (Å²) in [4.78, 5) is 4.63. The Bertz CT molecular complexity index is 499. The molecule has 1 N–H and O–H groups in total. The van der Waals surface area contributed by atoms with E-state index in [0.29, 0.717) is 6.61 Å². The Labute approximate surface area is 111 Å². The van der Waals surface area contributed by atoms with E-state index in [-0.39, 0.29) is 6.61 Å². The predicted molar refractivity (Wildman–Crippen MR) is 74.0 cm³/mol. The molecule has 98 valence electrons. The van der Waals surface area contributed by atoms with Gasteiger partial charge in [-0.15, -0.1) is 0 Å². The lowest BCUT2D eigenvalue weighted by Crippen LogP contribution is -2.05. The van der Waals surface area contributed by atoms with Gasteiger partial charge in [0.1, 0.15) is 0 Å². The quantitative estimate of drug-likeness (QED) is 0.616. The molecule has 0 amide bonds. The summed E-state index contributed by atoms with van der Waals surface area (Å²) >= 11 is 1.68. The normalized spacial score (nSPS) is 11.2. The third-order valence-electron chi connectivity index (χ3n) is 2.67. The fraction of sp³-hybridized carbons (Fsp3) is 0.462. The molecule has 0 radical (unpaired) electrons. The van der Waals surface area contributed by atoms with Crippen LogP contribution in [-0.2, 0) is 11.3 Å². The molecule has 4 nitrogen and oxygen atoms in total. The molecule has 0 atom stereocenters. The van der Waals surface area contributed by atoms with Gasteiger partial charge >= 0.3 is 0 Å². The van der Waals surface area contributed by atoms with Crippen molar-refractivity contribution >= 4 is 22.8 Å². The van der Waals surface area contributed by atoms with Gasteiger partial charge < -0.3 is 14.4 Å². The van der Waals surface area contributed by atoms with E-state index in [0.717, 1.165) is 34.9 Å². The highest BCUT2D eigenvalue weighted by molar-refractivity contribution is 7.99. The Hall–Kier alpha value is -1.04. The van der Waals surface area contributed by atoms with Crippen molar-refractivity contribution < 1.29 is 9.84 Å². The van der Waals surface area contributed by atoms with Gasteiger partial charge in [0.25, 0.3) is 0 Å². The molecule has 0 saturated carbocycles. The van der Waals surface area contributed by atoms with E-state index in [1.54, 1.807) is 18.9 Å². The first kappa shape index (κ1) is 13.4. The first-order valence-electron chi connectivity index (χ1n) is 6.04. The standard InChI is InChI=1S/C13H18N2O2S/c1-17-9-7-15-12-6-3-2-5-11(12)14-13(15)18-10-4-8-16/h2-3,5-6,16H,4,7-10H2,1H3. The average molecular weight is 266 g/mol. The van der Waals surface area contributed by atoms with Crippen LogP contribution in [0.1, 0.15) is 6.42 Å². The zero-order chi connectivity index (χ0) is 12.8. The summed E-state index contributed by atoms with van der Waals surface area (Å²) in [5.74, 6) is 0.882. The van der Waals surface area contributed by atoms with Gasteiger partial charge in [0.15, 0.2) is 5.16 Å². The van der Waals surface area contributed by atoms with Crippen molar-refractivity contribution in [3.8, 4) is 0 Å². The minimum absolute atomic E-state index is 0.227. The molecular formula is C13H18N2O2S. The number of hydrogen-bond acceptors (Lipinski definition) is 4. The third-order valence-corrected chi connectivity index (χ3v) is 3.73. The van der Waals surface area contributed by atoms with Crippen molar-refractivity contribution in [3.63, 3.8) is 0 Å². The van der Waals surface area contributed by atoms with E-state index in [2.05, 4.69) is 15.6 Å². The SMILES string of the molecule is COCCn1c(SCCCO)nc2ccccc21. The number of benzene rings is 1. The largest absolute Gasteiger partial charge is 0.396 e. The fourth-order valence-corrected chi connectivity index (χ4v) is 2.75. The van der Waals surface area contributed by atoms with Crippen LogP contribution in [0.15, 0.2) is 29.4 Å². The molecular weight excluding hydrogens is 248 g/mol. The summed E-state index contributed by atoms with van der Waals surface area (Å²) in [6.07, 6.45) is 0.790. The Kier molecular flexibility index (Phi) is 5.04. The second-order valence-corrected chi connectivity index (χ2v) is 5.02. The van der Waals surface area contributed by atoms with Gasteiger partial charge in [-0.3, -0.25) is 0 Å². The Morgan fingerprint density at radius 2 is 2.22 bits per heavy atom. The number of aliphatic hydroxyl groups is 1. The molecule has 1 aromatic carbocycles. The van der Waals surface area contributed by atoms with Crippen molar-refractivity contribution in [2.75, 3.05) is 26.1 Å². The van der Waals surface area contributed by atoms with Crippen molar-refractivity contribution in [1.82, 2.24) is 9.55 Å². The van der Waals surface area contributed by atoms with Crippen LogP contribution in [0.3, 0.4) is 0 Å². The summed E-state index contributed by atoms with van der Waals surface area (Å²) in [6, 6.07) is 8.12. The van der Waals surface area contributed by atoms with Crippen LogP contribution in [0.25, 0.3) is 11.0 Å². The number of hydrogen-bond donors (Lipinski definition) is 1. The predicted octanol–water partition coefficient (Wildman–Crippen LogP) is 2.16. The molecule has 0 unspecified atom stereocenters. The highest BCUT2D eigenvalue weighted by Gasteiger charge is 2.10. The minimum atomic E-state index is 0.227. The Morgan fingerprint density at radius 3 is 3.00 bits per heavy atom. The van der Waals surface area contributed by atoms with Crippen LogP contribution < -0.4 is 0 Å². The maximum atomic E-state index is 8.83. The summed E-state index contributed by atoms with van der Waals surface area (Å²) in [5, 5.41) is 9.84. The molecule has 0 aliphatic heterocycles. The molecule has 1 aromatic heterocycles. The van der Waals surface area contributed by atoms with E-state index in [4.69, 9.17) is 9.84 Å². The number of thioether (sulfide) groups is 1. The fourth-order valence-electron chi connectivity index (χ4n) is 1.79. The average Bonchev–Trinajstić information content (AvgIpc) is 2.74. The second kappa shape index (κ2) is 6.78. The van der Waals surface area contributed by atoms with Crippen LogP contribution in [0, 0.1) is 0 Å². The lowest BCUT2D eigenvalue weighted by molar-refractivity contribution is 0.186. The zero-order valence-electron chi connectivity index (χ0n) is 10.5. The summed E-state index contributed by atoms with van der Waals surface area (Å²) in [5.41, 5.74) is 2.15. The van der Waals surface area contributed by atoms with Crippen molar-refractivity contribution in [2.24, 2.45) is 0 Å². The van der Waals surface area contributed by atoms with Gasteiger partial charge in [-0.1, -0.05) is 23.9 Å². The molecule has 18 heavy (non-hydrogen) atoms. The number of para-hydroxylation sites is 2. The van der Waals surface area contributed by atoms with Gasteiger partial charge in [-0.05, 0) is 18.6 Å². The third kappa shape index (κ3) is 3.04. The van der Waals surface area contributed by atoms with Gasteiger partial charge in [0.05, 0.1) is 17.6 Å². The molecule has 1 heterocycles. The summed E-state index contributed by atoms with van der Waals surface area (Å²) < 4.78 is 7.33. The topological polar surface area (TPSA) is 47.3 Å². The molecule has 0 spiro atoms. The molecule has 2 aromatic rings. The lowest BCUT2D eigenvalue weighted by Gasteiger charge is -2.07. The number of aromatic nitrogens is 2. The van der Waals surface area contributed by atoms with Crippen molar-refractivity contribution in [3.05, 3.63) is 24.3 Å². The Morgan fingerprint density at radius 1 is 1.39 bits per heavy atom. The zero-order valence-corrected chi connectivity index (χ0v) is 11.3. The van der Waals surface area contributed by atoms with Gasteiger partial charge in [-0.25, -0.2) is 4.98 Å². The van der Waals surface area contributed by atoms with E-state index in [9.17, 15) is 0 Å².